The van der Waals surface area contributed by atoms with Gasteiger partial charge < -0.3 is 9.64 Å². The fourth-order valence-corrected chi connectivity index (χ4v) is 2.63. The molecule has 0 fully saturated rings. The number of rotatable bonds is 1. The van der Waals surface area contributed by atoms with Crippen molar-refractivity contribution >= 4 is 17.1 Å². The summed E-state index contributed by atoms with van der Waals surface area (Å²) < 4.78 is 6.01. The van der Waals surface area contributed by atoms with E-state index in [2.05, 4.69) is 47.1 Å². The Kier molecular flexibility index (Phi) is 2.64. The van der Waals surface area contributed by atoms with Crippen LogP contribution in [0.3, 0.4) is 0 Å². The third-order valence-corrected chi connectivity index (χ3v) is 3.59. The molecule has 102 valence electrons. The number of hydrogen-bond donors (Lipinski definition) is 0. The minimum absolute atomic E-state index is 0.777. The van der Waals surface area contributed by atoms with Crippen molar-refractivity contribution in [2.75, 3.05) is 4.90 Å². The number of aromatic nitrogens is 1. The van der Waals surface area contributed by atoms with E-state index < -0.39 is 0 Å². The predicted molar refractivity (Wildman–Crippen MR) is 83.7 cm³/mol. The van der Waals surface area contributed by atoms with Gasteiger partial charge in [-0.1, -0.05) is 24.3 Å². The van der Waals surface area contributed by atoms with E-state index in [-0.39, 0.29) is 0 Å². The van der Waals surface area contributed by atoms with Crippen LogP contribution in [0.1, 0.15) is 5.56 Å². The third-order valence-electron chi connectivity index (χ3n) is 3.59. The minimum Gasteiger partial charge on any atom is -0.451 e. The van der Waals surface area contributed by atoms with Gasteiger partial charge in [0.25, 0.3) is 0 Å². The molecule has 1 aromatic heterocycles. The molecule has 3 aromatic rings. The zero-order chi connectivity index (χ0) is 14.2. The SMILES string of the molecule is Cc1ccc2c(c1)Oc1cnccc1N2c1ccccc1. The van der Waals surface area contributed by atoms with Crippen molar-refractivity contribution in [2.45, 2.75) is 6.92 Å². The fraction of sp³-hybridized carbons (Fsp3) is 0.0556. The molecular weight excluding hydrogens is 260 g/mol. The van der Waals surface area contributed by atoms with E-state index in [9.17, 15) is 0 Å². The molecule has 0 atom stereocenters. The summed E-state index contributed by atoms with van der Waals surface area (Å²) in [5.74, 6) is 1.64. The Morgan fingerprint density at radius 1 is 0.905 bits per heavy atom. The first kappa shape index (κ1) is 12.0. The van der Waals surface area contributed by atoms with Crippen LogP contribution in [-0.2, 0) is 0 Å². The van der Waals surface area contributed by atoms with E-state index in [1.54, 1.807) is 12.4 Å². The van der Waals surface area contributed by atoms with Gasteiger partial charge in [-0.05, 0) is 42.8 Å². The third kappa shape index (κ3) is 1.94. The monoisotopic (exact) mass is 274 g/mol. The van der Waals surface area contributed by atoms with Gasteiger partial charge in [-0.2, -0.15) is 0 Å². The normalized spacial score (nSPS) is 12.3. The Morgan fingerprint density at radius 2 is 1.71 bits per heavy atom. The van der Waals surface area contributed by atoms with Crippen LogP contribution in [0.4, 0.5) is 17.1 Å². The zero-order valence-electron chi connectivity index (χ0n) is 11.7. The van der Waals surface area contributed by atoms with Gasteiger partial charge in [0.15, 0.2) is 11.5 Å². The van der Waals surface area contributed by atoms with E-state index in [1.807, 2.05) is 24.3 Å². The molecule has 0 saturated carbocycles. The lowest BCUT2D eigenvalue weighted by Crippen LogP contribution is -2.15. The topological polar surface area (TPSA) is 25.4 Å². The van der Waals surface area contributed by atoms with Gasteiger partial charge in [-0.15, -0.1) is 0 Å². The number of ether oxygens (including phenoxy) is 1. The highest BCUT2D eigenvalue weighted by molar-refractivity contribution is 5.85. The second kappa shape index (κ2) is 4.63. The minimum atomic E-state index is 0.777. The summed E-state index contributed by atoms with van der Waals surface area (Å²) in [5, 5.41) is 0. The molecule has 2 heterocycles. The van der Waals surface area contributed by atoms with Crippen molar-refractivity contribution in [1.82, 2.24) is 4.98 Å². The summed E-state index contributed by atoms with van der Waals surface area (Å²) in [6, 6.07) is 18.5. The number of benzene rings is 2. The molecule has 0 aliphatic carbocycles. The molecular formula is C18H14N2O. The lowest BCUT2D eigenvalue weighted by Gasteiger charge is -2.32. The van der Waals surface area contributed by atoms with Crippen molar-refractivity contribution in [1.29, 1.82) is 0 Å². The molecule has 0 radical (unpaired) electrons. The highest BCUT2D eigenvalue weighted by atomic mass is 16.5. The lowest BCUT2D eigenvalue weighted by atomic mass is 10.1. The Labute approximate surface area is 123 Å². The van der Waals surface area contributed by atoms with E-state index in [1.165, 1.54) is 5.56 Å². The van der Waals surface area contributed by atoms with Crippen LogP contribution in [0.15, 0.2) is 67.0 Å². The van der Waals surface area contributed by atoms with E-state index in [4.69, 9.17) is 4.74 Å². The first-order valence-corrected chi connectivity index (χ1v) is 6.90. The van der Waals surface area contributed by atoms with Crippen LogP contribution < -0.4 is 9.64 Å². The van der Waals surface area contributed by atoms with Crippen LogP contribution >= 0.6 is 0 Å². The molecule has 0 spiro atoms. The molecule has 3 nitrogen and oxygen atoms in total. The number of anilines is 3. The van der Waals surface area contributed by atoms with Gasteiger partial charge in [0.2, 0.25) is 0 Å². The largest absolute Gasteiger partial charge is 0.451 e. The summed E-state index contributed by atoms with van der Waals surface area (Å²) in [7, 11) is 0. The first-order chi connectivity index (χ1) is 10.3. The Bertz CT molecular complexity index is 799. The molecule has 0 N–H and O–H groups in total. The summed E-state index contributed by atoms with van der Waals surface area (Å²) >= 11 is 0. The average molecular weight is 274 g/mol. The molecule has 1 aliphatic rings. The van der Waals surface area contributed by atoms with E-state index in [0.717, 1.165) is 28.6 Å². The van der Waals surface area contributed by atoms with Gasteiger partial charge in [0, 0.05) is 11.9 Å². The predicted octanol–water partition coefficient (Wildman–Crippen LogP) is 4.97. The van der Waals surface area contributed by atoms with Gasteiger partial charge in [0.1, 0.15) is 0 Å². The summed E-state index contributed by atoms with van der Waals surface area (Å²) in [5.41, 5.74) is 4.34. The number of fused-ring (bicyclic) bond motifs is 2. The molecule has 0 saturated heterocycles. The standard InChI is InChI=1S/C18H14N2O/c1-13-7-8-15-17(11-13)21-18-12-19-10-9-16(18)20(15)14-5-3-2-4-6-14/h2-12H,1H3. The molecule has 21 heavy (non-hydrogen) atoms. The molecule has 2 aromatic carbocycles. The van der Waals surface area contributed by atoms with Gasteiger partial charge in [-0.3, -0.25) is 4.98 Å². The highest BCUT2D eigenvalue weighted by Gasteiger charge is 2.25. The number of para-hydroxylation sites is 1. The average Bonchev–Trinajstić information content (AvgIpc) is 2.53. The van der Waals surface area contributed by atoms with E-state index >= 15 is 0 Å². The second-order valence-electron chi connectivity index (χ2n) is 5.09. The summed E-state index contributed by atoms with van der Waals surface area (Å²) in [4.78, 5) is 6.37. The molecule has 0 amide bonds. The zero-order valence-corrected chi connectivity index (χ0v) is 11.7. The van der Waals surface area contributed by atoms with Crippen LogP contribution in [0.25, 0.3) is 0 Å². The second-order valence-corrected chi connectivity index (χ2v) is 5.09. The van der Waals surface area contributed by atoms with Crippen LogP contribution in [0.2, 0.25) is 0 Å². The summed E-state index contributed by atoms with van der Waals surface area (Å²) in [6.45, 7) is 2.06. The van der Waals surface area contributed by atoms with Gasteiger partial charge in [-0.25, -0.2) is 0 Å². The number of hydrogen-bond acceptors (Lipinski definition) is 3. The Hall–Kier alpha value is -2.81. The van der Waals surface area contributed by atoms with Gasteiger partial charge >= 0.3 is 0 Å². The number of nitrogens with zero attached hydrogens (tertiary/aromatic N) is 2. The van der Waals surface area contributed by atoms with Crippen molar-refractivity contribution in [3.8, 4) is 11.5 Å². The molecule has 0 bridgehead atoms. The maximum atomic E-state index is 6.01. The highest BCUT2D eigenvalue weighted by Crippen LogP contribution is 2.49. The Morgan fingerprint density at radius 3 is 2.57 bits per heavy atom. The van der Waals surface area contributed by atoms with Crippen molar-refractivity contribution < 1.29 is 4.74 Å². The van der Waals surface area contributed by atoms with Crippen LogP contribution in [0, 0.1) is 6.92 Å². The number of aryl methyl sites for hydroxylation is 1. The molecule has 3 heteroatoms. The first-order valence-electron chi connectivity index (χ1n) is 6.90. The van der Waals surface area contributed by atoms with Crippen molar-refractivity contribution in [3.05, 3.63) is 72.6 Å². The maximum Gasteiger partial charge on any atom is 0.169 e. The molecule has 1 aliphatic heterocycles. The molecule has 4 rings (SSSR count). The number of pyridine rings is 1. The summed E-state index contributed by atoms with van der Waals surface area (Å²) in [6.07, 6.45) is 3.55. The van der Waals surface area contributed by atoms with Crippen LogP contribution in [-0.4, -0.2) is 4.98 Å². The fourth-order valence-electron chi connectivity index (χ4n) is 2.63. The lowest BCUT2D eigenvalue weighted by molar-refractivity contribution is 0.474. The van der Waals surface area contributed by atoms with E-state index in [0.29, 0.717) is 0 Å². The van der Waals surface area contributed by atoms with Crippen molar-refractivity contribution in [3.63, 3.8) is 0 Å². The smallest absolute Gasteiger partial charge is 0.169 e. The Balaban J connectivity index is 1.97. The quantitative estimate of drug-likeness (QED) is 0.490. The maximum absolute atomic E-state index is 6.01. The molecule has 0 unspecified atom stereocenters. The van der Waals surface area contributed by atoms with Gasteiger partial charge in [0.05, 0.1) is 17.6 Å². The van der Waals surface area contributed by atoms with Crippen molar-refractivity contribution in [2.24, 2.45) is 0 Å². The van der Waals surface area contributed by atoms with Crippen LogP contribution in [0.5, 0.6) is 11.5 Å².